The summed E-state index contributed by atoms with van der Waals surface area (Å²) in [6.45, 7) is -0.869. The number of aliphatic hydroxyl groups excluding tert-OH is 2. The molecule has 0 aliphatic rings. The van der Waals surface area contributed by atoms with Crippen LogP contribution in [0.5, 0.6) is 11.5 Å². The SMILES string of the molecule is COc1ccc(S(=O)(=O)N(CCO)CCO)c(OC)c1. The summed E-state index contributed by atoms with van der Waals surface area (Å²) >= 11 is 0. The van der Waals surface area contributed by atoms with Crippen molar-refractivity contribution in [3.63, 3.8) is 0 Å². The van der Waals surface area contributed by atoms with Crippen LogP contribution in [0.2, 0.25) is 0 Å². The van der Waals surface area contributed by atoms with Crippen molar-refractivity contribution >= 4 is 10.0 Å². The van der Waals surface area contributed by atoms with Crippen LogP contribution in [0.25, 0.3) is 0 Å². The van der Waals surface area contributed by atoms with Crippen molar-refractivity contribution < 1.29 is 28.1 Å². The Morgan fingerprint density at radius 1 is 1.10 bits per heavy atom. The normalized spacial score (nSPS) is 11.7. The van der Waals surface area contributed by atoms with Crippen LogP contribution in [0.1, 0.15) is 0 Å². The molecule has 0 unspecified atom stereocenters. The molecule has 0 atom stereocenters. The van der Waals surface area contributed by atoms with Gasteiger partial charge in [-0.1, -0.05) is 0 Å². The van der Waals surface area contributed by atoms with Gasteiger partial charge in [-0.15, -0.1) is 0 Å². The first kappa shape index (κ1) is 16.7. The Labute approximate surface area is 118 Å². The Morgan fingerprint density at radius 3 is 2.15 bits per heavy atom. The second kappa shape index (κ2) is 7.44. The fraction of sp³-hybridized carbons (Fsp3) is 0.500. The van der Waals surface area contributed by atoms with Gasteiger partial charge in [0.1, 0.15) is 16.4 Å². The number of methoxy groups -OCH3 is 2. The Hall–Kier alpha value is -1.35. The molecule has 0 aromatic heterocycles. The van der Waals surface area contributed by atoms with E-state index >= 15 is 0 Å². The van der Waals surface area contributed by atoms with Gasteiger partial charge in [-0.25, -0.2) is 8.42 Å². The highest BCUT2D eigenvalue weighted by Crippen LogP contribution is 2.30. The third-order valence-corrected chi connectivity index (χ3v) is 4.63. The summed E-state index contributed by atoms with van der Waals surface area (Å²) in [6, 6.07) is 4.34. The van der Waals surface area contributed by atoms with Gasteiger partial charge in [-0.05, 0) is 12.1 Å². The molecule has 0 saturated heterocycles. The van der Waals surface area contributed by atoms with Crippen molar-refractivity contribution in [3.05, 3.63) is 18.2 Å². The summed E-state index contributed by atoms with van der Waals surface area (Å²) in [5.41, 5.74) is 0. The van der Waals surface area contributed by atoms with Gasteiger partial charge in [0.2, 0.25) is 10.0 Å². The number of rotatable bonds is 8. The second-order valence-corrected chi connectivity index (χ2v) is 5.77. The molecular formula is C12H19NO6S. The summed E-state index contributed by atoms with van der Waals surface area (Å²) in [5, 5.41) is 17.9. The summed E-state index contributed by atoms with van der Waals surface area (Å²) < 4.78 is 36.0. The van der Waals surface area contributed by atoms with Crippen LogP contribution in [0.3, 0.4) is 0 Å². The van der Waals surface area contributed by atoms with E-state index in [0.29, 0.717) is 5.75 Å². The number of aliphatic hydroxyl groups is 2. The lowest BCUT2D eigenvalue weighted by molar-refractivity contribution is 0.217. The van der Waals surface area contributed by atoms with E-state index in [-0.39, 0.29) is 36.9 Å². The Kier molecular flexibility index (Phi) is 6.21. The average molecular weight is 305 g/mol. The Balaban J connectivity index is 3.25. The maximum absolute atomic E-state index is 12.5. The molecule has 0 fully saturated rings. The summed E-state index contributed by atoms with van der Waals surface area (Å²) in [6.07, 6.45) is 0. The standard InChI is InChI=1S/C12H19NO6S/c1-18-10-3-4-12(11(9-10)19-2)20(16,17)13(5-7-14)6-8-15/h3-4,9,14-15H,5-8H2,1-2H3. The molecule has 7 nitrogen and oxygen atoms in total. The summed E-state index contributed by atoms with van der Waals surface area (Å²) in [4.78, 5) is -0.0392. The van der Waals surface area contributed by atoms with E-state index in [9.17, 15) is 8.42 Å². The monoisotopic (exact) mass is 305 g/mol. The maximum Gasteiger partial charge on any atom is 0.246 e. The molecule has 0 aliphatic carbocycles. The van der Waals surface area contributed by atoms with Gasteiger partial charge in [0.15, 0.2) is 0 Å². The number of hydrogen-bond acceptors (Lipinski definition) is 6. The van der Waals surface area contributed by atoms with E-state index in [1.807, 2.05) is 0 Å². The smallest absolute Gasteiger partial charge is 0.246 e. The average Bonchev–Trinajstić information content (AvgIpc) is 2.46. The zero-order valence-corrected chi connectivity index (χ0v) is 12.3. The molecule has 1 aromatic carbocycles. The van der Waals surface area contributed by atoms with Crippen molar-refractivity contribution in [2.45, 2.75) is 4.90 Å². The minimum atomic E-state index is -3.86. The van der Waals surface area contributed by atoms with Crippen LogP contribution < -0.4 is 9.47 Å². The van der Waals surface area contributed by atoms with Crippen LogP contribution in [-0.2, 0) is 10.0 Å². The van der Waals surface area contributed by atoms with Gasteiger partial charge in [-0.3, -0.25) is 0 Å². The molecule has 1 rings (SSSR count). The van der Waals surface area contributed by atoms with E-state index in [4.69, 9.17) is 19.7 Å². The summed E-state index contributed by atoms with van der Waals surface area (Å²) in [7, 11) is -1.04. The third-order valence-electron chi connectivity index (χ3n) is 2.69. The van der Waals surface area contributed by atoms with E-state index in [1.54, 1.807) is 0 Å². The van der Waals surface area contributed by atoms with Crippen molar-refractivity contribution in [3.8, 4) is 11.5 Å². The molecule has 0 radical (unpaired) electrons. The molecule has 0 aliphatic heterocycles. The second-order valence-electron chi connectivity index (χ2n) is 3.87. The third kappa shape index (κ3) is 3.60. The Bertz CT molecular complexity index is 525. The van der Waals surface area contributed by atoms with E-state index < -0.39 is 10.0 Å². The highest BCUT2D eigenvalue weighted by Gasteiger charge is 2.27. The zero-order chi connectivity index (χ0) is 15.2. The lowest BCUT2D eigenvalue weighted by Crippen LogP contribution is -2.36. The fourth-order valence-corrected chi connectivity index (χ4v) is 3.26. The first-order chi connectivity index (χ1) is 9.51. The highest BCUT2D eigenvalue weighted by atomic mass is 32.2. The van der Waals surface area contributed by atoms with Crippen LogP contribution >= 0.6 is 0 Å². The summed E-state index contributed by atoms with van der Waals surface area (Å²) in [5.74, 6) is 0.613. The fourth-order valence-electron chi connectivity index (χ4n) is 1.70. The highest BCUT2D eigenvalue weighted by molar-refractivity contribution is 7.89. The number of ether oxygens (including phenoxy) is 2. The topological polar surface area (TPSA) is 96.3 Å². The zero-order valence-electron chi connectivity index (χ0n) is 11.4. The van der Waals surface area contributed by atoms with Crippen LogP contribution in [0, 0.1) is 0 Å². The minimum absolute atomic E-state index is 0.0392. The number of nitrogens with zero attached hydrogens (tertiary/aromatic N) is 1. The predicted molar refractivity (Wildman–Crippen MR) is 72.5 cm³/mol. The Morgan fingerprint density at radius 2 is 1.70 bits per heavy atom. The molecule has 0 heterocycles. The van der Waals surface area contributed by atoms with Crippen molar-refractivity contribution in [1.29, 1.82) is 0 Å². The first-order valence-electron chi connectivity index (χ1n) is 5.95. The van der Waals surface area contributed by atoms with Crippen LogP contribution in [0.4, 0.5) is 0 Å². The number of hydrogen-bond donors (Lipinski definition) is 2. The van der Waals surface area contributed by atoms with Crippen molar-refractivity contribution in [2.75, 3.05) is 40.5 Å². The van der Waals surface area contributed by atoms with E-state index in [1.165, 1.54) is 32.4 Å². The molecule has 20 heavy (non-hydrogen) atoms. The van der Waals surface area contributed by atoms with Gasteiger partial charge in [-0.2, -0.15) is 4.31 Å². The number of sulfonamides is 1. The predicted octanol–water partition coefficient (Wildman–Crippen LogP) is -0.321. The lowest BCUT2D eigenvalue weighted by atomic mass is 10.3. The number of benzene rings is 1. The largest absolute Gasteiger partial charge is 0.497 e. The quantitative estimate of drug-likeness (QED) is 0.683. The molecule has 2 N–H and O–H groups in total. The van der Waals surface area contributed by atoms with Crippen molar-refractivity contribution in [2.24, 2.45) is 0 Å². The van der Waals surface area contributed by atoms with Gasteiger partial charge < -0.3 is 19.7 Å². The lowest BCUT2D eigenvalue weighted by Gasteiger charge is -2.21. The van der Waals surface area contributed by atoms with E-state index in [0.717, 1.165) is 4.31 Å². The first-order valence-corrected chi connectivity index (χ1v) is 7.39. The van der Waals surface area contributed by atoms with Gasteiger partial charge >= 0.3 is 0 Å². The van der Waals surface area contributed by atoms with E-state index in [2.05, 4.69) is 0 Å². The van der Waals surface area contributed by atoms with Gasteiger partial charge in [0.25, 0.3) is 0 Å². The van der Waals surface area contributed by atoms with Crippen LogP contribution in [-0.4, -0.2) is 63.5 Å². The molecule has 0 amide bonds. The molecular weight excluding hydrogens is 286 g/mol. The van der Waals surface area contributed by atoms with Crippen LogP contribution in [0.15, 0.2) is 23.1 Å². The van der Waals surface area contributed by atoms with Crippen molar-refractivity contribution in [1.82, 2.24) is 4.31 Å². The maximum atomic E-state index is 12.5. The van der Waals surface area contributed by atoms with Gasteiger partial charge in [0.05, 0.1) is 27.4 Å². The molecule has 8 heteroatoms. The minimum Gasteiger partial charge on any atom is -0.497 e. The molecule has 114 valence electrons. The molecule has 1 aromatic rings. The van der Waals surface area contributed by atoms with Gasteiger partial charge in [0, 0.05) is 19.2 Å². The molecule has 0 saturated carbocycles. The molecule has 0 spiro atoms. The molecule has 0 bridgehead atoms.